The summed E-state index contributed by atoms with van der Waals surface area (Å²) in [6.45, 7) is 16.3. The number of hydrogen-bond donors (Lipinski definition) is 0. The van der Waals surface area contributed by atoms with E-state index >= 15 is 0 Å². The Morgan fingerprint density at radius 2 is 1.19 bits per heavy atom. The third-order valence-corrected chi connectivity index (χ3v) is 14.9. The van der Waals surface area contributed by atoms with Gasteiger partial charge in [-0.1, -0.05) is 158 Å². The maximum absolute atomic E-state index is 13.3. The monoisotopic (exact) mass is 1110 g/mol. The van der Waals surface area contributed by atoms with Crippen molar-refractivity contribution in [3.05, 3.63) is 193 Å². The molecule has 9 aromatic rings. The average molecular weight is 1110 g/mol. The van der Waals surface area contributed by atoms with Crippen LogP contribution in [0.25, 0.3) is 66.8 Å². The molecule has 355 valence electrons. The predicted molar refractivity (Wildman–Crippen MR) is 288 cm³/mol. The average Bonchev–Trinajstić information content (AvgIpc) is 3.73. The molecule has 0 aliphatic heterocycles. The number of rotatable bonds is 10. The first-order chi connectivity index (χ1) is 32.9. The van der Waals surface area contributed by atoms with Crippen molar-refractivity contribution < 1.29 is 28.9 Å². The molecule has 1 saturated carbocycles. The van der Waals surface area contributed by atoms with E-state index in [0.717, 1.165) is 68.6 Å². The van der Waals surface area contributed by atoms with E-state index < -0.39 is 8.07 Å². The minimum Gasteiger partial charge on any atom is -0.455 e. The van der Waals surface area contributed by atoms with E-state index in [-0.39, 0.29) is 25.9 Å². The van der Waals surface area contributed by atoms with Crippen molar-refractivity contribution in [1.82, 2.24) is 15.0 Å². The SMILES string of the molecule is CC(C)Cc1cc(-c2ccccc2)ncc1[Si](C)(C)C.CC(C)Cc1ccnc(-c2ccccc2)c1.Fc1ccc(-c2ccc3c(c2)oc2c(-c4cc(C5CCCCC5)ccn4)cccc23)cc1.[Ir]. The molecule has 1 fully saturated rings. The largest absolute Gasteiger partial charge is 0.455 e. The van der Waals surface area contributed by atoms with Gasteiger partial charge in [0.15, 0.2) is 0 Å². The van der Waals surface area contributed by atoms with Crippen molar-refractivity contribution >= 4 is 35.2 Å². The molecule has 4 nitrogen and oxygen atoms in total. The molecule has 0 N–H and O–H groups in total. The Kier molecular flexibility index (Phi) is 17.5. The van der Waals surface area contributed by atoms with Crippen LogP contribution in [0.15, 0.2) is 175 Å². The maximum Gasteiger partial charge on any atom is 0.144 e. The molecule has 0 amide bonds. The van der Waals surface area contributed by atoms with Gasteiger partial charge in [-0.2, -0.15) is 0 Å². The number of pyridine rings is 3. The fourth-order valence-electron chi connectivity index (χ4n) is 9.49. The van der Waals surface area contributed by atoms with Gasteiger partial charge in [-0.05, 0) is 137 Å². The van der Waals surface area contributed by atoms with Gasteiger partial charge in [0.25, 0.3) is 0 Å². The topological polar surface area (TPSA) is 51.8 Å². The summed E-state index contributed by atoms with van der Waals surface area (Å²) in [7, 11) is -1.33. The zero-order valence-electron chi connectivity index (χ0n) is 41.3. The van der Waals surface area contributed by atoms with Crippen LogP contribution in [0.3, 0.4) is 0 Å². The summed E-state index contributed by atoms with van der Waals surface area (Å²) in [6, 6.07) is 50.9. The van der Waals surface area contributed by atoms with Crippen molar-refractivity contribution in [2.24, 2.45) is 11.8 Å². The summed E-state index contributed by atoms with van der Waals surface area (Å²) in [5.41, 5.74) is 14.5. The zero-order chi connectivity index (χ0) is 47.6. The Bertz CT molecular complexity index is 3050. The zero-order valence-corrected chi connectivity index (χ0v) is 44.7. The van der Waals surface area contributed by atoms with Crippen LogP contribution < -0.4 is 5.19 Å². The summed E-state index contributed by atoms with van der Waals surface area (Å²) < 4.78 is 19.7. The van der Waals surface area contributed by atoms with E-state index in [0.29, 0.717) is 17.8 Å². The second kappa shape index (κ2) is 23.6. The van der Waals surface area contributed by atoms with E-state index in [2.05, 4.69) is 162 Å². The van der Waals surface area contributed by atoms with E-state index in [1.54, 1.807) is 12.1 Å². The van der Waals surface area contributed by atoms with Gasteiger partial charge in [-0.25, -0.2) is 4.39 Å². The van der Waals surface area contributed by atoms with Crippen LogP contribution >= 0.6 is 0 Å². The minimum atomic E-state index is -1.33. The number of aromatic nitrogens is 3. The first-order valence-electron chi connectivity index (χ1n) is 24.6. The molecule has 5 aromatic carbocycles. The van der Waals surface area contributed by atoms with Crippen molar-refractivity contribution in [1.29, 1.82) is 0 Å². The van der Waals surface area contributed by atoms with Gasteiger partial charge in [0.1, 0.15) is 17.0 Å². The van der Waals surface area contributed by atoms with Gasteiger partial charge in [-0.3, -0.25) is 15.0 Å². The molecule has 0 atom stereocenters. The first-order valence-corrected chi connectivity index (χ1v) is 28.1. The molecule has 0 saturated heterocycles. The van der Waals surface area contributed by atoms with E-state index in [1.165, 1.54) is 77.2 Å². The van der Waals surface area contributed by atoms with Gasteiger partial charge in [0, 0.05) is 66.2 Å². The number of benzene rings is 5. The molecule has 4 aromatic heterocycles. The molecule has 10 rings (SSSR count). The third kappa shape index (κ3) is 13.3. The second-order valence-electron chi connectivity index (χ2n) is 20.3. The maximum atomic E-state index is 13.3. The molecule has 0 unspecified atom stereocenters. The van der Waals surface area contributed by atoms with Crippen LogP contribution in [0.4, 0.5) is 4.39 Å². The molecule has 7 heteroatoms. The number of furan rings is 1. The Hall–Kier alpha value is -5.85. The third-order valence-electron chi connectivity index (χ3n) is 12.8. The quantitative estimate of drug-likeness (QED) is 0.128. The smallest absolute Gasteiger partial charge is 0.144 e. The minimum absolute atomic E-state index is 0. The van der Waals surface area contributed by atoms with Gasteiger partial charge in [0.05, 0.1) is 25.2 Å². The molecule has 0 bridgehead atoms. The summed E-state index contributed by atoms with van der Waals surface area (Å²) in [5, 5.41) is 3.68. The van der Waals surface area contributed by atoms with Crippen molar-refractivity contribution in [3.63, 3.8) is 0 Å². The number of para-hydroxylation sites is 1. The number of fused-ring (bicyclic) bond motifs is 3. The van der Waals surface area contributed by atoms with Crippen LogP contribution in [0.5, 0.6) is 0 Å². The van der Waals surface area contributed by atoms with E-state index in [4.69, 9.17) is 14.4 Å². The molecule has 1 radical (unpaired) electrons. The van der Waals surface area contributed by atoms with Crippen molar-refractivity contribution in [3.8, 4) is 44.9 Å². The molecule has 1 aliphatic carbocycles. The molecular weight excluding hydrogens is 1040 g/mol. The predicted octanol–water partition coefficient (Wildman–Crippen LogP) is 16.9. The summed E-state index contributed by atoms with van der Waals surface area (Å²) >= 11 is 0. The van der Waals surface area contributed by atoms with Crippen molar-refractivity contribution in [2.75, 3.05) is 0 Å². The van der Waals surface area contributed by atoms with Crippen LogP contribution in [0.2, 0.25) is 19.6 Å². The Labute approximate surface area is 424 Å². The Morgan fingerprint density at radius 1 is 0.565 bits per heavy atom. The Balaban J connectivity index is 0.000000164. The summed E-state index contributed by atoms with van der Waals surface area (Å²) in [6.07, 6.45) is 14.8. The van der Waals surface area contributed by atoms with Crippen LogP contribution in [-0.2, 0) is 32.9 Å². The molecular formula is C62H66FIrN3OSi. The van der Waals surface area contributed by atoms with Gasteiger partial charge in [0.2, 0.25) is 0 Å². The number of halogens is 1. The Morgan fingerprint density at radius 3 is 1.84 bits per heavy atom. The van der Waals surface area contributed by atoms with Crippen LogP contribution in [-0.4, -0.2) is 23.0 Å². The van der Waals surface area contributed by atoms with Crippen LogP contribution in [0, 0.1) is 17.7 Å². The molecule has 4 heterocycles. The molecule has 69 heavy (non-hydrogen) atoms. The normalized spacial score (nSPS) is 12.8. The van der Waals surface area contributed by atoms with E-state index in [1.807, 2.05) is 36.7 Å². The van der Waals surface area contributed by atoms with Gasteiger partial charge in [-0.15, -0.1) is 0 Å². The van der Waals surface area contributed by atoms with Crippen LogP contribution in [0.1, 0.15) is 82.4 Å². The number of hydrogen-bond acceptors (Lipinski definition) is 4. The molecule has 0 spiro atoms. The number of nitrogens with zero attached hydrogens (tertiary/aromatic N) is 3. The summed E-state index contributed by atoms with van der Waals surface area (Å²) in [5.74, 6) is 1.77. The van der Waals surface area contributed by atoms with E-state index in [9.17, 15) is 4.39 Å². The fourth-order valence-corrected chi connectivity index (χ4v) is 11.1. The fraction of sp³-hybridized carbons (Fsp3) is 0.274. The van der Waals surface area contributed by atoms with Gasteiger partial charge >= 0.3 is 0 Å². The van der Waals surface area contributed by atoms with Crippen molar-refractivity contribution in [2.45, 2.75) is 98.2 Å². The standard InChI is InChI=1S/C29H24FNO.C18H25NSi.C15H17N.Ir/c30-23-12-9-20(10-13-23)21-11-14-24-25-7-4-8-26(29(25)32-28(24)18-21)27-17-22(15-16-31-27)19-5-2-1-3-6-19;1-14(2)11-16-12-17(15-9-7-6-8-10-15)19-13-18(16)20(3,4)5;1-12(2)10-13-8-9-16-15(11-13)14-6-4-3-5-7-14;/h4,7-19H,1-3,5-6H2;6-10,12-14H,11H2,1-5H3;3-9,11-12H,10H2,1-2H3;. The summed E-state index contributed by atoms with van der Waals surface area (Å²) in [4.78, 5) is 13.8. The molecule has 1 aliphatic rings. The van der Waals surface area contributed by atoms with Gasteiger partial charge < -0.3 is 4.42 Å². The second-order valence-corrected chi connectivity index (χ2v) is 25.3. The first kappa shape index (κ1) is 51.0.